The van der Waals surface area contributed by atoms with Crippen molar-refractivity contribution in [3.63, 3.8) is 0 Å². The van der Waals surface area contributed by atoms with E-state index in [1.54, 1.807) is 0 Å². The zero-order valence-electron chi connectivity index (χ0n) is 13.4. The number of nitrogens with zero attached hydrogens (tertiary/aromatic N) is 3. The number of anilines is 1. The average molecular weight is 296 g/mol. The van der Waals surface area contributed by atoms with Crippen molar-refractivity contribution in [2.24, 2.45) is 0 Å². The summed E-state index contributed by atoms with van der Waals surface area (Å²) in [5.41, 5.74) is 1.30. The van der Waals surface area contributed by atoms with E-state index in [1.165, 1.54) is 35.0 Å². The molecule has 0 saturated carbocycles. The average Bonchev–Trinajstić information content (AvgIpc) is 2.81. The Kier molecular flexibility index (Phi) is 5.41. The van der Waals surface area contributed by atoms with Gasteiger partial charge < -0.3 is 15.1 Å². The summed E-state index contributed by atoms with van der Waals surface area (Å²) < 4.78 is 0. The first-order chi connectivity index (χ1) is 9.56. The van der Waals surface area contributed by atoms with Crippen molar-refractivity contribution >= 4 is 16.5 Å². The summed E-state index contributed by atoms with van der Waals surface area (Å²) in [6.07, 6.45) is 3.69. The van der Waals surface area contributed by atoms with Crippen LogP contribution in [-0.2, 0) is 6.42 Å². The summed E-state index contributed by atoms with van der Waals surface area (Å²) in [7, 11) is 6.31. The van der Waals surface area contributed by atoms with Gasteiger partial charge in [0.15, 0.2) is 5.13 Å². The van der Waals surface area contributed by atoms with E-state index in [2.05, 4.69) is 43.1 Å². The number of likely N-dealkylation sites (N-methyl/N-ethyl adjacent to an activating group) is 2. The molecule has 0 radical (unpaired) electrons. The number of aromatic nitrogens is 1. The Balaban J connectivity index is 2.21. The van der Waals surface area contributed by atoms with Crippen molar-refractivity contribution in [3.8, 4) is 0 Å². The quantitative estimate of drug-likeness (QED) is 0.874. The molecule has 1 aromatic heterocycles. The molecule has 0 fully saturated rings. The molecule has 1 N–H and O–H groups in total. The summed E-state index contributed by atoms with van der Waals surface area (Å²) in [4.78, 5) is 11.1. The largest absolute Gasteiger partial charge is 0.344 e. The van der Waals surface area contributed by atoms with Crippen LogP contribution in [0.4, 0.5) is 5.13 Å². The molecule has 20 heavy (non-hydrogen) atoms. The Labute approximate surface area is 127 Å². The summed E-state index contributed by atoms with van der Waals surface area (Å²) in [5.74, 6) is 0. The van der Waals surface area contributed by atoms with Crippen LogP contribution in [0.25, 0.3) is 0 Å². The van der Waals surface area contributed by atoms with E-state index in [1.807, 2.05) is 18.4 Å². The van der Waals surface area contributed by atoms with Gasteiger partial charge in [-0.3, -0.25) is 0 Å². The second-order valence-corrected chi connectivity index (χ2v) is 7.00. The molecule has 2 atom stereocenters. The van der Waals surface area contributed by atoms with Gasteiger partial charge in [-0.25, -0.2) is 4.98 Å². The van der Waals surface area contributed by atoms with Gasteiger partial charge in [-0.1, -0.05) is 0 Å². The molecule has 0 aromatic carbocycles. The third kappa shape index (κ3) is 3.32. The second kappa shape index (κ2) is 6.87. The summed E-state index contributed by atoms with van der Waals surface area (Å²) >= 11 is 1.90. The third-order valence-electron chi connectivity index (χ3n) is 4.04. The van der Waals surface area contributed by atoms with Crippen molar-refractivity contribution < 1.29 is 0 Å². The van der Waals surface area contributed by atoms with Crippen LogP contribution in [0.1, 0.15) is 43.3 Å². The lowest BCUT2D eigenvalue weighted by atomic mass is 9.98. The van der Waals surface area contributed by atoms with Gasteiger partial charge >= 0.3 is 0 Å². The lowest BCUT2D eigenvalue weighted by molar-refractivity contribution is 0.372. The van der Waals surface area contributed by atoms with Gasteiger partial charge in [0.25, 0.3) is 0 Å². The fraction of sp³-hybridized carbons (Fsp3) is 0.800. The Bertz CT molecular complexity index is 430. The number of rotatable bonds is 6. The maximum atomic E-state index is 4.97. The molecule has 0 bridgehead atoms. The van der Waals surface area contributed by atoms with Crippen LogP contribution in [0.2, 0.25) is 0 Å². The second-order valence-electron chi connectivity index (χ2n) is 5.94. The molecule has 1 aliphatic rings. The Morgan fingerprint density at radius 3 is 2.80 bits per heavy atom. The molecule has 1 aliphatic carbocycles. The molecule has 1 aromatic rings. The number of nitrogens with one attached hydrogen (secondary N) is 1. The molecule has 0 aliphatic heterocycles. The number of thiazole rings is 1. The zero-order chi connectivity index (χ0) is 14.7. The molecule has 0 amide bonds. The van der Waals surface area contributed by atoms with Crippen LogP contribution < -0.4 is 10.2 Å². The number of aryl methyl sites for hydroxylation is 1. The van der Waals surface area contributed by atoms with E-state index >= 15 is 0 Å². The monoisotopic (exact) mass is 296 g/mol. The van der Waals surface area contributed by atoms with E-state index in [0.29, 0.717) is 12.1 Å². The predicted octanol–water partition coefficient (Wildman–Crippen LogP) is 2.52. The first-order valence-electron chi connectivity index (χ1n) is 7.65. The Morgan fingerprint density at radius 2 is 2.20 bits per heavy atom. The minimum atomic E-state index is 0.451. The van der Waals surface area contributed by atoms with Gasteiger partial charge in [0.05, 0.1) is 11.7 Å². The van der Waals surface area contributed by atoms with Gasteiger partial charge in [0, 0.05) is 24.0 Å². The smallest absolute Gasteiger partial charge is 0.186 e. The van der Waals surface area contributed by atoms with Gasteiger partial charge in [0.1, 0.15) is 0 Å². The topological polar surface area (TPSA) is 31.4 Å². The molecule has 0 spiro atoms. The lowest BCUT2D eigenvalue weighted by Crippen LogP contribution is -2.40. The number of fused-ring (bicyclic) bond motifs is 1. The standard InChI is InChI=1S/C15H28N4S/c1-6-19(11(2)10-18(4)5)15-17-14-12(16-3)8-7-9-13(14)20-15/h11-12,16H,6-10H2,1-5H3. The highest BCUT2D eigenvalue weighted by atomic mass is 32.1. The van der Waals surface area contributed by atoms with Crippen LogP contribution in [-0.4, -0.2) is 50.2 Å². The number of hydrogen-bond donors (Lipinski definition) is 1. The van der Waals surface area contributed by atoms with E-state index in [-0.39, 0.29) is 0 Å². The minimum absolute atomic E-state index is 0.451. The Hall–Kier alpha value is -0.650. The molecular formula is C15H28N4S. The molecular weight excluding hydrogens is 268 g/mol. The molecule has 5 heteroatoms. The maximum Gasteiger partial charge on any atom is 0.186 e. The highest BCUT2D eigenvalue weighted by Crippen LogP contribution is 2.37. The SMILES string of the molecule is CCN(c1nc2c(s1)CCCC2NC)C(C)CN(C)C. The van der Waals surface area contributed by atoms with Crippen LogP contribution in [0.15, 0.2) is 0 Å². The van der Waals surface area contributed by atoms with Crippen molar-refractivity contribution in [1.29, 1.82) is 0 Å². The molecule has 4 nitrogen and oxygen atoms in total. The van der Waals surface area contributed by atoms with Gasteiger partial charge in [0.2, 0.25) is 0 Å². The highest BCUT2D eigenvalue weighted by Gasteiger charge is 2.26. The van der Waals surface area contributed by atoms with Crippen LogP contribution in [0.3, 0.4) is 0 Å². The maximum absolute atomic E-state index is 4.97. The fourth-order valence-corrected chi connectivity index (χ4v) is 4.40. The van der Waals surface area contributed by atoms with Gasteiger partial charge in [-0.2, -0.15) is 0 Å². The van der Waals surface area contributed by atoms with E-state index < -0.39 is 0 Å². The minimum Gasteiger partial charge on any atom is -0.344 e. The lowest BCUT2D eigenvalue weighted by Gasteiger charge is -2.29. The van der Waals surface area contributed by atoms with Crippen molar-refractivity contribution in [3.05, 3.63) is 10.6 Å². The summed E-state index contributed by atoms with van der Waals surface area (Å²) in [5, 5.41) is 4.61. The highest BCUT2D eigenvalue weighted by molar-refractivity contribution is 7.15. The normalized spacial score (nSPS) is 20.0. The van der Waals surface area contributed by atoms with Crippen LogP contribution in [0, 0.1) is 0 Å². The molecule has 2 rings (SSSR count). The first-order valence-corrected chi connectivity index (χ1v) is 8.46. The molecule has 2 unspecified atom stereocenters. The fourth-order valence-electron chi connectivity index (χ4n) is 3.07. The molecule has 1 heterocycles. The molecule has 0 saturated heterocycles. The summed E-state index contributed by atoms with van der Waals surface area (Å²) in [6.45, 7) is 6.60. The van der Waals surface area contributed by atoms with Crippen molar-refractivity contribution in [1.82, 2.24) is 15.2 Å². The summed E-state index contributed by atoms with van der Waals surface area (Å²) in [6, 6.07) is 0.947. The Morgan fingerprint density at radius 1 is 1.45 bits per heavy atom. The van der Waals surface area contributed by atoms with E-state index in [9.17, 15) is 0 Å². The van der Waals surface area contributed by atoms with Crippen molar-refractivity contribution in [2.75, 3.05) is 39.1 Å². The third-order valence-corrected chi connectivity index (χ3v) is 5.21. The number of hydrogen-bond acceptors (Lipinski definition) is 5. The van der Waals surface area contributed by atoms with Crippen LogP contribution >= 0.6 is 11.3 Å². The first kappa shape index (κ1) is 15.7. The van der Waals surface area contributed by atoms with Gasteiger partial charge in [-0.05, 0) is 54.3 Å². The molecule has 114 valence electrons. The van der Waals surface area contributed by atoms with E-state index in [0.717, 1.165) is 13.1 Å². The van der Waals surface area contributed by atoms with Crippen molar-refractivity contribution in [2.45, 2.75) is 45.2 Å². The van der Waals surface area contributed by atoms with E-state index in [4.69, 9.17) is 4.98 Å². The zero-order valence-corrected chi connectivity index (χ0v) is 14.3. The van der Waals surface area contributed by atoms with Crippen LogP contribution in [0.5, 0.6) is 0 Å². The predicted molar refractivity (Wildman–Crippen MR) is 87.9 cm³/mol. The van der Waals surface area contributed by atoms with Gasteiger partial charge in [-0.15, -0.1) is 11.3 Å².